The molecule has 0 radical (unpaired) electrons. The van der Waals surface area contributed by atoms with Crippen molar-refractivity contribution in [2.45, 2.75) is 25.4 Å². The molecule has 1 aliphatic rings. The Morgan fingerprint density at radius 1 is 1.29 bits per heavy atom. The third kappa shape index (κ3) is 3.03. The van der Waals surface area contributed by atoms with Gasteiger partial charge < -0.3 is 4.74 Å². The summed E-state index contributed by atoms with van der Waals surface area (Å²) in [6.07, 6.45) is 4.34. The van der Waals surface area contributed by atoms with E-state index < -0.39 is 5.91 Å². The van der Waals surface area contributed by atoms with Crippen molar-refractivity contribution in [2.24, 2.45) is 0 Å². The van der Waals surface area contributed by atoms with Crippen LogP contribution in [0.4, 0.5) is 0 Å². The molecule has 5 heteroatoms. The molecule has 5 nitrogen and oxygen atoms in total. The molecule has 0 saturated heterocycles. The van der Waals surface area contributed by atoms with Gasteiger partial charge in [0.1, 0.15) is 6.10 Å². The van der Waals surface area contributed by atoms with Gasteiger partial charge in [-0.3, -0.25) is 10.0 Å². The monoisotopic (exact) mass is 284 g/mol. The lowest BCUT2D eigenvalue weighted by molar-refractivity contribution is 0.0706. The van der Waals surface area contributed by atoms with Gasteiger partial charge in [0.2, 0.25) is 5.88 Å². The lowest BCUT2D eigenvalue weighted by atomic mass is 9.88. The summed E-state index contributed by atoms with van der Waals surface area (Å²) >= 11 is 0. The number of amides is 1. The summed E-state index contributed by atoms with van der Waals surface area (Å²) in [6.45, 7) is 0. The second kappa shape index (κ2) is 5.93. The summed E-state index contributed by atoms with van der Waals surface area (Å²) in [5.74, 6) is 0.159. The highest BCUT2D eigenvalue weighted by molar-refractivity contribution is 5.93. The number of hydrogen-bond donors (Lipinski definition) is 2. The number of ether oxygens (including phenoxy) is 1. The molecule has 1 atom stereocenters. The molecule has 3 rings (SSSR count). The molecule has 1 aromatic heterocycles. The summed E-state index contributed by atoms with van der Waals surface area (Å²) in [6, 6.07) is 11.1. The first-order valence-corrected chi connectivity index (χ1v) is 6.90. The van der Waals surface area contributed by atoms with Crippen molar-refractivity contribution in [1.82, 2.24) is 10.5 Å². The Hall–Kier alpha value is -2.40. The summed E-state index contributed by atoms with van der Waals surface area (Å²) in [5.41, 5.74) is 4.44. The second-order valence-electron chi connectivity index (χ2n) is 5.08. The van der Waals surface area contributed by atoms with Crippen LogP contribution in [0.2, 0.25) is 0 Å². The first-order chi connectivity index (χ1) is 10.3. The molecule has 1 amide bonds. The molecule has 0 spiro atoms. The fraction of sp³-hybridized carbons (Fsp3) is 0.250. The average Bonchev–Trinajstić information content (AvgIpc) is 2.54. The van der Waals surface area contributed by atoms with E-state index in [0.29, 0.717) is 11.4 Å². The molecule has 1 aliphatic carbocycles. The average molecular weight is 284 g/mol. The van der Waals surface area contributed by atoms with Gasteiger partial charge in [0, 0.05) is 24.2 Å². The van der Waals surface area contributed by atoms with Crippen molar-refractivity contribution in [3.8, 4) is 5.88 Å². The van der Waals surface area contributed by atoms with Crippen LogP contribution >= 0.6 is 0 Å². The number of carbonyl (C=O) groups excluding carboxylic acids is 1. The number of aryl methyl sites for hydroxylation is 1. The highest BCUT2D eigenvalue weighted by Crippen LogP contribution is 2.25. The van der Waals surface area contributed by atoms with Crippen molar-refractivity contribution < 1.29 is 14.7 Å². The van der Waals surface area contributed by atoms with Gasteiger partial charge in [-0.1, -0.05) is 12.1 Å². The summed E-state index contributed by atoms with van der Waals surface area (Å²) in [4.78, 5) is 15.6. The van der Waals surface area contributed by atoms with E-state index in [4.69, 9.17) is 9.94 Å². The number of fused-ring (bicyclic) bond motifs is 1. The van der Waals surface area contributed by atoms with Crippen LogP contribution in [0.25, 0.3) is 0 Å². The van der Waals surface area contributed by atoms with Crippen molar-refractivity contribution >= 4 is 5.91 Å². The van der Waals surface area contributed by atoms with Crippen molar-refractivity contribution in [3.05, 3.63) is 59.3 Å². The molecular weight excluding hydrogens is 268 g/mol. The molecule has 1 unspecified atom stereocenters. The third-order valence-corrected chi connectivity index (χ3v) is 3.68. The van der Waals surface area contributed by atoms with Crippen molar-refractivity contribution in [1.29, 1.82) is 0 Å². The summed E-state index contributed by atoms with van der Waals surface area (Å²) < 4.78 is 5.88. The molecule has 21 heavy (non-hydrogen) atoms. The normalized spacial score (nSPS) is 16.9. The zero-order chi connectivity index (χ0) is 14.7. The lowest BCUT2D eigenvalue weighted by Crippen LogP contribution is -2.26. The van der Waals surface area contributed by atoms with Crippen LogP contribution < -0.4 is 10.2 Å². The van der Waals surface area contributed by atoms with E-state index in [0.717, 1.165) is 24.8 Å². The number of hydroxylamine groups is 1. The highest BCUT2D eigenvalue weighted by Gasteiger charge is 2.21. The predicted molar refractivity (Wildman–Crippen MR) is 76.4 cm³/mol. The highest BCUT2D eigenvalue weighted by atomic mass is 16.5. The van der Waals surface area contributed by atoms with Crippen molar-refractivity contribution in [2.75, 3.05) is 0 Å². The SMILES string of the molecule is O=C(NO)c1ccc2c(c1)CCC(Oc1ccccn1)C2. The number of nitrogens with one attached hydrogen (secondary N) is 1. The molecule has 0 saturated carbocycles. The van der Waals surface area contributed by atoms with Gasteiger partial charge in [-0.05, 0) is 42.2 Å². The number of benzene rings is 1. The maximum absolute atomic E-state index is 11.4. The fourth-order valence-corrected chi connectivity index (χ4v) is 2.62. The summed E-state index contributed by atoms with van der Waals surface area (Å²) in [5, 5.41) is 8.67. The largest absolute Gasteiger partial charge is 0.474 e. The Labute approximate surface area is 122 Å². The first-order valence-electron chi connectivity index (χ1n) is 6.90. The first kappa shape index (κ1) is 13.6. The lowest BCUT2D eigenvalue weighted by Gasteiger charge is -2.25. The van der Waals surface area contributed by atoms with E-state index in [1.807, 2.05) is 30.3 Å². The van der Waals surface area contributed by atoms with E-state index in [2.05, 4.69) is 4.98 Å². The van der Waals surface area contributed by atoms with Crippen LogP contribution in [0, 0.1) is 0 Å². The molecule has 0 bridgehead atoms. The van der Waals surface area contributed by atoms with Crippen LogP contribution in [0.5, 0.6) is 5.88 Å². The van der Waals surface area contributed by atoms with E-state index in [-0.39, 0.29) is 6.10 Å². The summed E-state index contributed by atoms with van der Waals surface area (Å²) in [7, 11) is 0. The Bertz CT molecular complexity index is 643. The quantitative estimate of drug-likeness (QED) is 0.669. The number of nitrogens with zero attached hydrogens (tertiary/aromatic N) is 1. The van der Waals surface area contributed by atoms with Crippen LogP contribution in [-0.2, 0) is 12.8 Å². The standard InChI is InChI=1S/C16H16N2O3/c19-16(18-20)13-5-4-12-10-14(7-6-11(12)9-13)21-15-3-1-2-8-17-15/h1-5,8-9,14,20H,6-7,10H2,(H,18,19). The Balaban J connectivity index is 1.73. The maximum atomic E-state index is 11.4. The zero-order valence-corrected chi connectivity index (χ0v) is 11.5. The molecule has 2 aromatic rings. The molecule has 1 heterocycles. The van der Waals surface area contributed by atoms with E-state index in [9.17, 15) is 4.79 Å². The van der Waals surface area contributed by atoms with Crippen LogP contribution in [0.1, 0.15) is 27.9 Å². The predicted octanol–water partition coefficient (Wildman–Crippen LogP) is 2.14. The minimum atomic E-state index is -0.482. The van der Waals surface area contributed by atoms with Gasteiger partial charge in [0.15, 0.2) is 0 Å². The molecule has 1 aromatic carbocycles. The number of rotatable bonds is 3. The maximum Gasteiger partial charge on any atom is 0.274 e. The van der Waals surface area contributed by atoms with Crippen LogP contribution in [0.15, 0.2) is 42.6 Å². The minimum Gasteiger partial charge on any atom is -0.474 e. The topological polar surface area (TPSA) is 71.5 Å². The molecule has 108 valence electrons. The Morgan fingerprint density at radius 2 is 2.19 bits per heavy atom. The van der Waals surface area contributed by atoms with E-state index >= 15 is 0 Å². The Kier molecular flexibility index (Phi) is 3.83. The van der Waals surface area contributed by atoms with Crippen LogP contribution in [-0.4, -0.2) is 22.2 Å². The van der Waals surface area contributed by atoms with Gasteiger partial charge in [0.25, 0.3) is 5.91 Å². The fourth-order valence-electron chi connectivity index (χ4n) is 2.62. The van der Waals surface area contributed by atoms with E-state index in [1.54, 1.807) is 17.7 Å². The van der Waals surface area contributed by atoms with Gasteiger partial charge in [-0.15, -0.1) is 0 Å². The Morgan fingerprint density at radius 3 is 2.95 bits per heavy atom. The molecular formula is C16H16N2O3. The second-order valence-corrected chi connectivity index (χ2v) is 5.08. The van der Waals surface area contributed by atoms with Gasteiger partial charge >= 0.3 is 0 Å². The number of hydrogen-bond acceptors (Lipinski definition) is 4. The number of carbonyl (C=O) groups is 1. The van der Waals surface area contributed by atoms with E-state index in [1.165, 1.54) is 5.56 Å². The molecule has 0 aliphatic heterocycles. The molecule has 2 N–H and O–H groups in total. The number of pyridine rings is 1. The smallest absolute Gasteiger partial charge is 0.274 e. The third-order valence-electron chi connectivity index (χ3n) is 3.68. The van der Waals surface area contributed by atoms with Crippen molar-refractivity contribution in [3.63, 3.8) is 0 Å². The van der Waals surface area contributed by atoms with Gasteiger partial charge in [-0.2, -0.15) is 0 Å². The van der Waals surface area contributed by atoms with Gasteiger partial charge in [0.05, 0.1) is 0 Å². The molecule has 0 fully saturated rings. The number of aromatic nitrogens is 1. The zero-order valence-electron chi connectivity index (χ0n) is 11.5. The minimum absolute atomic E-state index is 0.102. The van der Waals surface area contributed by atoms with Gasteiger partial charge in [-0.25, -0.2) is 10.5 Å². The van der Waals surface area contributed by atoms with Crippen LogP contribution in [0.3, 0.4) is 0 Å².